The molecule has 3 rings (SSSR count). The Morgan fingerprint density at radius 1 is 1.00 bits per heavy atom. The predicted molar refractivity (Wildman–Crippen MR) is 98.1 cm³/mol. The van der Waals surface area contributed by atoms with E-state index in [0.717, 1.165) is 11.1 Å². The largest absolute Gasteiger partial charge is 0.465 e. The van der Waals surface area contributed by atoms with Gasteiger partial charge in [0.05, 0.1) is 6.61 Å². The first kappa shape index (κ1) is 18.0. The first-order valence-corrected chi connectivity index (χ1v) is 8.97. The van der Waals surface area contributed by atoms with E-state index in [1.165, 1.54) is 0 Å². The van der Waals surface area contributed by atoms with E-state index in [-0.39, 0.29) is 24.2 Å². The van der Waals surface area contributed by atoms with Crippen LogP contribution in [0.25, 0.3) is 0 Å². The van der Waals surface area contributed by atoms with Crippen molar-refractivity contribution < 1.29 is 14.3 Å². The molecule has 0 N–H and O–H groups in total. The van der Waals surface area contributed by atoms with Gasteiger partial charge in [-0.1, -0.05) is 47.5 Å². The molecule has 3 nitrogen and oxygen atoms in total. The average molecular weight is 377 g/mol. The maximum absolute atomic E-state index is 12.6. The second-order valence-corrected chi connectivity index (χ2v) is 7.01. The molecular formula is C20H18Cl2O3. The van der Waals surface area contributed by atoms with Crippen molar-refractivity contribution in [1.29, 1.82) is 0 Å². The lowest BCUT2D eigenvalue weighted by Crippen LogP contribution is -2.27. The summed E-state index contributed by atoms with van der Waals surface area (Å²) in [6, 6.07) is 14.7. The molecule has 0 aliphatic heterocycles. The molecule has 1 saturated carbocycles. The van der Waals surface area contributed by atoms with Gasteiger partial charge in [0.2, 0.25) is 0 Å². The van der Waals surface area contributed by atoms with Gasteiger partial charge in [0.25, 0.3) is 0 Å². The molecule has 0 unspecified atom stereocenters. The van der Waals surface area contributed by atoms with Crippen LogP contribution in [0.15, 0.2) is 48.5 Å². The summed E-state index contributed by atoms with van der Waals surface area (Å²) < 4.78 is 5.17. The van der Waals surface area contributed by atoms with E-state index < -0.39 is 11.9 Å². The highest BCUT2D eigenvalue weighted by Crippen LogP contribution is 2.48. The molecule has 1 aliphatic rings. The van der Waals surface area contributed by atoms with Gasteiger partial charge in [-0.3, -0.25) is 9.59 Å². The number of hydrogen-bond donors (Lipinski definition) is 0. The zero-order valence-corrected chi connectivity index (χ0v) is 15.3. The molecule has 0 saturated heterocycles. The van der Waals surface area contributed by atoms with Crippen LogP contribution in [0.5, 0.6) is 0 Å². The van der Waals surface area contributed by atoms with Crippen LogP contribution in [0.4, 0.5) is 0 Å². The van der Waals surface area contributed by atoms with Gasteiger partial charge in [0, 0.05) is 22.4 Å². The minimum atomic E-state index is -0.790. The van der Waals surface area contributed by atoms with Crippen LogP contribution in [0, 0.1) is 5.92 Å². The van der Waals surface area contributed by atoms with Crippen molar-refractivity contribution in [3.63, 3.8) is 0 Å². The summed E-state index contributed by atoms with van der Waals surface area (Å²) in [6.07, 6.45) is 0.304. The van der Waals surface area contributed by atoms with E-state index in [4.69, 9.17) is 27.9 Å². The molecule has 0 radical (unpaired) electrons. The Bertz CT molecular complexity index is 769. The van der Waals surface area contributed by atoms with E-state index in [0.29, 0.717) is 16.5 Å². The molecule has 0 heterocycles. The fourth-order valence-corrected chi connectivity index (χ4v) is 3.81. The number of ether oxygens (including phenoxy) is 1. The van der Waals surface area contributed by atoms with E-state index >= 15 is 0 Å². The number of hydrogen-bond acceptors (Lipinski definition) is 3. The van der Waals surface area contributed by atoms with Crippen molar-refractivity contribution in [1.82, 2.24) is 0 Å². The molecule has 1 fully saturated rings. The second-order valence-electron chi connectivity index (χ2n) is 6.14. The van der Waals surface area contributed by atoms with E-state index in [1.807, 2.05) is 24.3 Å². The minimum Gasteiger partial charge on any atom is -0.465 e. The third kappa shape index (κ3) is 3.73. The number of Topliss-reactive ketones (excluding diaryl/α,β-unsaturated/α-hetero) is 1. The first-order chi connectivity index (χ1) is 12.0. The molecule has 25 heavy (non-hydrogen) atoms. The predicted octanol–water partition coefficient (Wildman–Crippen LogP) is 5.01. The zero-order valence-electron chi connectivity index (χ0n) is 13.7. The molecule has 2 aromatic carbocycles. The van der Waals surface area contributed by atoms with Gasteiger partial charge >= 0.3 is 5.97 Å². The van der Waals surface area contributed by atoms with Crippen LogP contribution >= 0.6 is 23.2 Å². The van der Waals surface area contributed by atoms with Gasteiger partial charge in [-0.2, -0.15) is 0 Å². The van der Waals surface area contributed by atoms with Gasteiger partial charge in [-0.15, -0.1) is 0 Å². The summed E-state index contributed by atoms with van der Waals surface area (Å²) in [5.74, 6) is -1.70. The third-order valence-corrected chi connectivity index (χ3v) is 5.16. The smallest absolute Gasteiger partial charge is 0.317 e. The summed E-state index contributed by atoms with van der Waals surface area (Å²) in [6.45, 7) is 1.99. The summed E-state index contributed by atoms with van der Waals surface area (Å²) in [4.78, 5) is 25.1. The summed E-state index contributed by atoms with van der Waals surface area (Å²) in [5, 5.41) is 1.25. The number of halogens is 2. The van der Waals surface area contributed by atoms with Gasteiger partial charge in [0.15, 0.2) is 0 Å². The topological polar surface area (TPSA) is 43.4 Å². The van der Waals surface area contributed by atoms with Crippen molar-refractivity contribution in [3.8, 4) is 0 Å². The quantitative estimate of drug-likeness (QED) is 0.556. The standard InChI is InChI=1S/C20H18Cl2O3/c1-2-25-20(24)19-17(23)11-16(12-3-7-14(21)8-4-12)18(19)13-5-9-15(22)10-6-13/h3-10,16,18-19H,2,11H2,1H3/t16-,18-,19+/m0/s1. The van der Waals surface area contributed by atoms with E-state index in [2.05, 4.69) is 0 Å². The van der Waals surface area contributed by atoms with Crippen molar-refractivity contribution >= 4 is 35.0 Å². The van der Waals surface area contributed by atoms with Crippen LogP contribution in [0.1, 0.15) is 36.3 Å². The Kier molecular flexibility index (Phi) is 5.45. The SMILES string of the molecule is CCOC(=O)[C@@H]1C(=O)C[C@@H](c2ccc(Cl)cc2)[C@@H]1c1ccc(Cl)cc1. The highest BCUT2D eigenvalue weighted by Gasteiger charge is 2.48. The Balaban J connectivity index is 2.04. The summed E-state index contributed by atoms with van der Waals surface area (Å²) in [7, 11) is 0. The molecule has 5 heteroatoms. The normalized spacial score (nSPS) is 22.8. The first-order valence-electron chi connectivity index (χ1n) is 8.21. The van der Waals surface area contributed by atoms with Gasteiger partial charge in [-0.25, -0.2) is 0 Å². The minimum absolute atomic E-state index is 0.0849. The Morgan fingerprint density at radius 2 is 1.52 bits per heavy atom. The van der Waals surface area contributed by atoms with Crippen LogP contribution in [0.2, 0.25) is 10.0 Å². The lowest BCUT2D eigenvalue weighted by molar-refractivity contribution is -0.151. The van der Waals surface area contributed by atoms with Gasteiger partial charge in [0.1, 0.15) is 11.7 Å². The highest BCUT2D eigenvalue weighted by molar-refractivity contribution is 6.30. The van der Waals surface area contributed by atoms with Crippen molar-refractivity contribution in [3.05, 3.63) is 69.7 Å². The fraction of sp³-hybridized carbons (Fsp3) is 0.300. The molecule has 1 aliphatic carbocycles. The van der Waals surface area contributed by atoms with E-state index in [1.54, 1.807) is 31.2 Å². The molecule has 0 amide bonds. The Labute approximate surface area is 156 Å². The molecule has 3 atom stereocenters. The maximum Gasteiger partial charge on any atom is 0.317 e. The number of benzene rings is 2. The average Bonchev–Trinajstić information content (AvgIpc) is 2.94. The Hall–Kier alpha value is -1.84. The molecular weight excluding hydrogens is 359 g/mol. The second kappa shape index (κ2) is 7.59. The molecule has 130 valence electrons. The van der Waals surface area contributed by atoms with Crippen LogP contribution in [-0.2, 0) is 14.3 Å². The monoisotopic (exact) mass is 376 g/mol. The third-order valence-electron chi connectivity index (χ3n) is 4.65. The van der Waals surface area contributed by atoms with Crippen LogP contribution in [-0.4, -0.2) is 18.4 Å². The van der Waals surface area contributed by atoms with Crippen molar-refractivity contribution in [2.24, 2.45) is 5.92 Å². The number of rotatable bonds is 4. The van der Waals surface area contributed by atoms with Gasteiger partial charge < -0.3 is 4.74 Å². The molecule has 2 aromatic rings. The summed E-state index contributed by atoms with van der Waals surface area (Å²) in [5.41, 5.74) is 1.90. The summed E-state index contributed by atoms with van der Waals surface area (Å²) >= 11 is 12.0. The number of carbonyl (C=O) groups excluding carboxylic acids is 2. The van der Waals surface area contributed by atoms with Crippen LogP contribution in [0.3, 0.4) is 0 Å². The lowest BCUT2D eigenvalue weighted by Gasteiger charge is -2.24. The van der Waals surface area contributed by atoms with Crippen molar-refractivity contribution in [2.45, 2.75) is 25.2 Å². The number of carbonyl (C=O) groups is 2. The number of ketones is 1. The maximum atomic E-state index is 12.6. The molecule has 0 spiro atoms. The fourth-order valence-electron chi connectivity index (χ4n) is 3.56. The zero-order chi connectivity index (χ0) is 18.0. The highest BCUT2D eigenvalue weighted by atomic mass is 35.5. The molecule has 0 aromatic heterocycles. The number of esters is 1. The lowest BCUT2D eigenvalue weighted by atomic mass is 9.80. The molecule has 0 bridgehead atoms. The van der Waals surface area contributed by atoms with Crippen LogP contribution < -0.4 is 0 Å². The van der Waals surface area contributed by atoms with E-state index in [9.17, 15) is 9.59 Å². The Morgan fingerprint density at radius 3 is 2.04 bits per heavy atom. The van der Waals surface area contributed by atoms with Gasteiger partial charge in [-0.05, 0) is 48.2 Å². The van der Waals surface area contributed by atoms with Crippen molar-refractivity contribution in [2.75, 3.05) is 6.61 Å².